The lowest BCUT2D eigenvalue weighted by Gasteiger charge is -2.24. The first kappa shape index (κ1) is 8.57. The Labute approximate surface area is 79.4 Å². The fourth-order valence-corrected chi connectivity index (χ4v) is 1.84. The van der Waals surface area contributed by atoms with Crippen LogP contribution < -0.4 is 10.6 Å². The summed E-state index contributed by atoms with van der Waals surface area (Å²) in [4.78, 5) is 0. The van der Waals surface area contributed by atoms with Crippen LogP contribution in [0, 0.1) is 5.92 Å². The van der Waals surface area contributed by atoms with Gasteiger partial charge in [0.05, 0.1) is 0 Å². The van der Waals surface area contributed by atoms with Crippen molar-refractivity contribution in [2.75, 3.05) is 13.1 Å². The van der Waals surface area contributed by atoms with Gasteiger partial charge in [-0.15, -0.1) is 0 Å². The molecule has 2 heteroatoms. The van der Waals surface area contributed by atoms with Gasteiger partial charge in [0.25, 0.3) is 0 Å². The third-order valence-electron chi connectivity index (χ3n) is 2.58. The molecular formula is C11H16N2. The number of hydrogen-bond acceptors (Lipinski definition) is 2. The lowest BCUT2D eigenvalue weighted by atomic mass is 9.96. The minimum atomic E-state index is 0.668. The number of piperidine rings is 1. The molecule has 2 rings (SSSR count). The van der Waals surface area contributed by atoms with Crippen LogP contribution in [0.3, 0.4) is 0 Å². The quantitative estimate of drug-likeness (QED) is 0.633. The molecule has 0 aromatic rings. The van der Waals surface area contributed by atoms with Crippen molar-refractivity contribution in [1.29, 1.82) is 0 Å². The zero-order chi connectivity index (χ0) is 8.93. The zero-order valence-corrected chi connectivity index (χ0v) is 7.79. The maximum absolute atomic E-state index is 3.42. The maximum Gasteiger partial charge on any atom is 0.0190 e. The van der Waals surface area contributed by atoms with Crippen LogP contribution in [0.4, 0.5) is 0 Å². The van der Waals surface area contributed by atoms with E-state index >= 15 is 0 Å². The van der Waals surface area contributed by atoms with Gasteiger partial charge in [-0.25, -0.2) is 0 Å². The molecule has 0 aromatic carbocycles. The molecule has 2 heterocycles. The predicted octanol–water partition coefficient (Wildman–Crippen LogP) is 1.54. The first-order valence-corrected chi connectivity index (χ1v) is 4.97. The molecule has 0 radical (unpaired) electrons. The van der Waals surface area contributed by atoms with Crippen molar-refractivity contribution < 1.29 is 0 Å². The topological polar surface area (TPSA) is 24.1 Å². The molecule has 0 bridgehead atoms. The van der Waals surface area contributed by atoms with Crippen molar-refractivity contribution in [2.45, 2.75) is 12.8 Å². The Kier molecular flexibility index (Phi) is 2.82. The second-order valence-electron chi connectivity index (χ2n) is 3.55. The van der Waals surface area contributed by atoms with Crippen molar-refractivity contribution in [2.24, 2.45) is 5.92 Å². The molecule has 2 N–H and O–H groups in total. The Balaban J connectivity index is 2.01. The summed E-state index contributed by atoms with van der Waals surface area (Å²) in [7, 11) is 0. The van der Waals surface area contributed by atoms with Crippen LogP contribution in [-0.2, 0) is 0 Å². The van der Waals surface area contributed by atoms with E-state index in [9.17, 15) is 0 Å². The minimum absolute atomic E-state index is 0.668. The van der Waals surface area contributed by atoms with E-state index in [1.807, 2.05) is 12.3 Å². The summed E-state index contributed by atoms with van der Waals surface area (Å²) in [6, 6.07) is 0. The van der Waals surface area contributed by atoms with Gasteiger partial charge in [0, 0.05) is 24.4 Å². The summed E-state index contributed by atoms with van der Waals surface area (Å²) < 4.78 is 0. The highest BCUT2D eigenvalue weighted by atomic mass is 14.9. The molecule has 1 unspecified atom stereocenters. The molecule has 0 aromatic heterocycles. The Bertz CT molecular complexity index is 245. The molecule has 1 atom stereocenters. The fourth-order valence-electron chi connectivity index (χ4n) is 1.84. The number of hydrogen-bond donors (Lipinski definition) is 2. The van der Waals surface area contributed by atoms with Crippen LogP contribution in [0.1, 0.15) is 12.8 Å². The van der Waals surface area contributed by atoms with E-state index in [-0.39, 0.29) is 0 Å². The monoisotopic (exact) mass is 176 g/mol. The smallest absolute Gasteiger partial charge is 0.0190 e. The van der Waals surface area contributed by atoms with E-state index in [1.165, 1.54) is 25.1 Å². The van der Waals surface area contributed by atoms with Crippen molar-refractivity contribution in [3.63, 3.8) is 0 Å². The van der Waals surface area contributed by atoms with Crippen molar-refractivity contribution in [3.8, 4) is 0 Å². The van der Waals surface area contributed by atoms with Gasteiger partial charge in [-0.3, -0.25) is 0 Å². The number of allylic oxidation sites excluding steroid dienone is 4. The van der Waals surface area contributed by atoms with Crippen LogP contribution in [0.2, 0.25) is 0 Å². The Hall–Kier alpha value is -1.02. The number of nitrogens with one attached hydrogen (secondary N) is 2. The molecule has 2 aliphatic heterocycles. The van der Waals surface area contributed by atoms with Crippen LogP contribution in [-0.4, -0.2) is 13.1 Å². The molecule has 1 fully saturated rings. The van der Waals surface area contributed by atoms with Crippen LogP contribution in [0.25, 0.3) is 0 Å². The van der Waals surface area contributed by atoms with Gasteiger partial charge < -0.3 is 10.6 Å². The molecule has 13 heavy (non-hydrogen) atoms. The zero-order valence-electron chi connectivity index (χ0n) is 7.79. The lowest BCUT2D eigenvalue weighted by Crippen LogP contribution is -2.33. The lowest BCUT2D eigenvalue weighted by molar-refractivity contribution is 0.412. The molecule has 70 valence electrons. The Morgan fingerprint density at radius 1 is 1.23 bits per heavy atom. The third kappa shape index (κ3) is 2.22. The third-order valence-corrected chi connectivity index (χ3v) is 2.58. The van der Waals surface area contributed by atoms with E-state index in [2.05, 4.69) is 28.9 Å². The fraction of sp³-hybridized carbons (Fsp3) is 0.455. The molecule has 1 saturated heterocycles. The first-order chi connectivity index (χ1) is 6.47. The maximum atomic E-state index is 3.42. The second-order valence-corrected chi connectivity index (χ2v) is 3.55. The predicted molar refractivity (Wildman–Crippen MR) is 55.1 cm³/mol. The average molecular weight is 176 g/mol. The summed E-state index contributed by atoms with van der Waals surface area (Å²) >= 11 is 0. The normalized spacial score (nSPS) is 27.7. The molecule has 0 amide bonds. The van der Waals surface area contributed by atoms with Gasteiger partial charge in [0.1, 0.15) is 0 Å². The van der Waals surface area contributed by atoms with Crippen molar-refractivity contribution in [3.05, 3.63) is 36.2 Å². The van der Waals surface area contributed by atoms with Crippen molar-refractivity contribution in [1.82, 2.24) is 10.6 Å². The average Bonchev–Trinajstić information content (AvgIpc) is 2.47. The van der Waals surface area contributed by atoms with E-state index in [4.69, 9.17) is 0 Å². The van der Waals surface area contributed by atoms with Gasteiger partial charge in [0.15, 0.2) is 0 Å². The van der Waals surface area contributed by atoms with E-state index in [0.29, 0.717) is 5.92 Å². The van der Waals surface area contributed by atoms with Gasteiger partial charge in [-0.1, -0.05) is 12.2 Å². The van der Waals surface area contributed by atoms with E-state index < -0.39 is 0 Å². The summed E-state index contributed by atoms with van der Waals surface area (Å²) in [5.74, 6) is 0.668. The van der Waals surface area contributed by atoms with Gasteiger partial charge in [-0.2, -0.15) is 0 Å². The highest BCUT2D eigenvalue weighted by Crippen LogP contribution is 2.18. The van der Waals surface area contributed by atoms with Crippen molar-refractivity contribution >= 4 is 0 Å². The van der Waals surface area contributed by atoms with Crippen LogP contribution >= 0.6 is 0 Å². The standard InChI is InChI=1S/C11H16N2/c1-2-6-11(13-8-3-1)10-5-4-7-12-9-10/h1-3,6,8,10,12-13H,4-5,7,9H2. The molecule has 0 saturated carbocycles. The second kappa shape index (κ2) is 4.28. The molecule has 2 nitrogen and oxygen atoms in total. The highest BCUT2D eigenvalue weighted by Gasteiger charge is 2.16. The minimum Gasteiger partial charge on any atom is -0.365 e. The summed E-state index contributed by atoms with van der Waals surface area (Å²) in [6.07, 6.45) is 12.9. The largest absolute Gasteiger partial charge is 0.365 e. The highest BCUT2D eigenvalue weighted by molar-refractivity contribution is 5.23. The Morgan fingerprint density at radius 3 is 3.08 bits per heavy atom. The van der Waals surface area contributed by atoms with Crippen LogP contribution in [0.5, 0.6) is 0 Å². The molecule has 0 aliphatic carbocycles. The summed E-state index contributed by atoms with van der Waals surface area (Å²) in [5, 5.41) is 6.75. The summed E-state index contributed by atoms with van der Waals surface area (Å²) in [6.45, 7) is 2.29. The first-order valence-electron chi connectivity index (χ1n) is 4.97. The van der Waals surface area contributed by atoms with E-state index in [1.54, 1.807) is 0 Å². The van der Waals surface area contributed by atoms with E-state index in [0.717, 1.165) is 6.54 Å². The van der Waals surface area contributed by atoms with Gasteiger partial charge in [-0.05, 0) is 31.5 Å². The van der Waals surface area contributed by atoms with Crippen LogP contribution in [0.15, 0.2) is 36.2 Å². The number of rotatable bonds is 1. The molecule has 2 aliphatic rings. The molecular weight excluding hydrogens is 160 g/mol. The SMILES string of the molecule is C1=CC=C(C2CCCNC2)NC=C1. The van der Waals surface area contributed by atoms with Gasteiger partial charge in [0.2, 0.25) is 0 Å². The molecule has 0 spiro atoms. The Morgan fingerprint density at radius 2 is 2.23 bits per heavy atom. The summed E-state index contributed by atoms with van der Waals surface area (Å²) in [5.41, 5.74) is 1.34. The van der Waals surface area contributed by atoms with Gasteiger partial charge >= 0.3 is 0 Å².